The second-order valence-electron chi connectivity index (χ2n) is 9.28. The van der Waals surface area contributed by atoms with Crippen molar-refractivity contribution in [1.29, 1.82) is 0 Å². The largest absolute Gasteiger partial charge is 0.450 e. The monoisotopic (exact) mass is 646 g/mol. The van der Waals surface area contributed by atoms with E-state index in [2.05, 4.69) is 36.8 Å². The minimum Gasteiger partial charge on any atom is -0.446 e. The highest BCUT2D eigenvalue weighted by molar-refractivity contribution is 5.87. The molecule has 2 heterocycles. The van der Waals surface area contributed by atoms with Gasteiger partial charge in [0.1, 0.15) is 5.60 Å². The number of rotatable bonds is 4. The van der Waals surface area contributed by atoms with Crippen LogP contribution in [0.3, 0.4) is 0 Å². The van der Waals surface area contributed by atoms with E-state index in [-0.39, 0.29) is 5.57 Å². The molecule has 21 heteroatoms. The van der Waals surface area contributed by atoms with Gasteiger partial charge in [-0.2, -0.15) is 52.7 Å². The quantitative estimate of drug-likeness (QED) is 0.264. The molecule has 2 aliphatic rings. The van der Waals surface area contributed by atoms with Gasteiger partial charge in [0, 0.05) is 11.1 Å². The molecule has 2 fully saturated rings. The molecule has 0 aromatic heterocycles. The molecule has 0 aromatic carbocycles. The van der Waals surface area contributed by atoms with E-state index < -0.39 is 84.0 Å². The lowest BCUT2D eigenvalue weighted by Crippen LogP contribution is -2.79. The molecule has 0 saturated carbocycles. The summed E-state index contributed by atoms with van der Waals surface area (Å²) >= 11 is 0. The first-order valence-electron chi connectivity index (χ1n) is 10.8. The van der Waals surface area contributed by atoms with Crippen molar-refractivity contribution >= 4 is 11.9 Å². The SMILES string of the molecule is C=C(C)C(=O)OC1C(F)(F)C(C)(C)OC(O)(C(F)(F)F)C1(F)F.C=C(C)C(=O)OC1OCOC(O)(C(F)(F)F)C1(F)F. The molecule has 9 nitrogen and oxygen atoms in total. The molecule has 0 amide bonds. The van der Waals surface area contributed by atoms with Gasteiger partial charge >= 0.3 is 53.6 Å². The molecule has 2 saturated heterocycles. The second-order valence-corrected chi connectivity index (χ2v) is 9.28. The fourth-order valence-electron chi connectivity index (χ4n) is 2.95. The predicted octanol–water partition coefficient (Wildman–Crippen LogP) is 4.13. The minimum atomic E-state index is -6.14. The summed E-state index contributed by atoms with van der Waals surface area (Å²) in [6.07, 6.45) is -18.8. The van der Waals surface area contributed by atoms with Gasteiger partial charge in [-0.3, -0.25) is 0 Å². The molecule has 0 spiro atoms. The molecular formula is C21H22F12O9. The Morgan fingerprint density at radius 3 is 1.55 bits per heavy atom. The average Bonchev–Trinajstić information content (AvgIpc) is 2.77. The number of alkyl halides is 12. The zero-order valence-electron chi connectivity index (χ0n) is 21.6. The Balaban J connectivity index is 0.000000428. The van der Waals surface area contributed by atoms with Gasteiger partial charge < -0.3 is 33.9 Å². The summed E-state index contributed by atoms with van der Waals surface area (Å²) in [6, 6.07) is 0. The summed E-state index contributed by atoms with van der Waals surface area (Å²) in [5.41, 5.74) is -4.16. The number of esters is 2. The van der Waals surface area contributed by atoms with Gasteiger partial charge in [0.2, 0.25) is 6.10 Å². The van der Waals surface area contributed by atoms with Gasteiger partial charge in [-0.15, -0.1) is 0 Å². The number of carbonyl (C=O) groups is 2. The van der Waals surface area contributed by atoms with Crippen molar-refractivity contribution in [3.8, 4) is 0 Å². The van der Waals surface area contributed by atoms with E-state index in [1.807, 2.05) is 0 Å². The summed E-state index contributed by atoms with van der Waals surface area (Å²) in [5.74, 6) is -28.7. The van der Waals surface area contributed by atoms with Crippen LogP contribution >= 0.6 is 0 Å². The number of aliphatic hydroxyl groups is 2. The topological polar surface area (TPSA) is 121 Å². The highest BCUT2D eigenvalue weighted by Gasteiger charge is 2.85. The summed E-state index contributed by atoms with van der Waals surface area (Å²) in [6.45, 7) is 7.39. The van der Waals surface area contributed by atoms with E-state index in [0.29, 0.717) is 13.8 Å². The Kier molecular flexibility index (Phi) is 9.92. The molecule has 2 N–H and O–H groups in total. The van der Waals surface area contributed by atoms with Crippen LogP contribution in [0.15, 0.2) is 24.3 Å². The van der Waals surface area contributed by atoms with E-state index in [1.54, 1.807) is 0 Å². The van der Waals surface area contributed by atoms with Crippen molar-refractivity contribution in [3.05, 3.63) is 24.3 Å². The smallest absolute Gasteiger partial charge is 0.446 e. The van der Waals surface area contributed by atoms with Crippen LogP contribution in [0.2, 0.25) is 0 Å². The van der Waals surface area contributed by atoms with Crippen molar-refractivity contribution in [1.82, 2.24) is 0 Å². The van der Waals surface area contributed by atoms with E-state index in [9.17, 15) is 67.4 Å². The number of hydrogen-bond donors (Lipinski definition) is 2. The highest BCUT2D eigenvalue weighted by Crippen LogP contribution is 2.58. The van der Waals surface area contributed by atoms with Crippen molar-refractivity contribution < 1.29 is 96.2 Å². The third kappa shape index (κ3) is 6.19. The zero-order valence-corrected chi connectivity index (χ0v) is 21.6. The van der Waals surface area contributed by atoms with Gasteiger partial charge in [-0.05, 0) is 27.7 Å². The Hall–Kier alpha value is -2.62. The standard InChI is InChI=1S/C12H13F7O4.C9H9F5O5/c1-5(2)6(20)22-7-9(13,14)8(3,4)23-11(21,10(7,15)16)12(17,18)19;1-4(2)5(15)19-6-7(10,11)8(16,9(12,13)14)18-3-17-6/h7,21H,1H2,2-4H3;6,16H,1,3H2,2H3. The third-order valence-corrected chi connectivity index (χ3v) is 5.46. The van der Waals surface area contributed by atoms with Gasteiger partial charge in [0.05, 0.1) is 0 Å². The van der Waals surface area contributed by atoms with Gasteiger partial charge in [-0.25, -0.2) is 9.59 Å². The molecule has 244 valence electrons. The van der Waals surface area contributed by atoms with E-state index in [0.717, 1.165) is 13.8 Å². The molecule has 2 aliphatic heterocycles. The van der Waals surface area contributed by atoms with Gasteiger partial charge in [0.25, 0.3) is 6.29 Å². The molecular weight excluding hydrogens is 624 g/mol. The van der Waals surface area contributed by atoms with Crippen LogP contribution < -0.4 is 0 Å². The molecule has 0 radical (unpaired) electrons. The Morgan fingerprint density at radius 2 is 1.17 bits per heavy atom. The van der Waals surface area contributed by atoms with Crippen LogP contribution in [0.1, 0.15) is 27.7 Å². The molecule has 4 atom stereocenters. The Labute approximate surface area is 227 Å². The van der Waals surface area contributed by atoms with Gasteiger partial charge in [0.15, 0.2) is 6.79 Å². The van der Waals surface area contributed by atoms with Crippen molar-refractivity contribution in [2.75, 3.05) is 6.79 Å². The van der Waals surface area contributed by atoms with Crippen molar-refractivity contribution in [2.24, 2.45) is 0 Å². The second kappa shape index (κ2) is 11.1. The highest BCUT2D eigenvalue weighted by atomic mass is 19.4. The first kappa shape index (κ1) is 37.4. The lowest BCUT2D eigenvalue weighted by molar-refractivity contribution is -0.510. The predicted molar refractivity (Wildman–Crippen MR) is 108 cm³/mol. The number of halogens is 12. The molecule has 42 heavy (non-hydrogen) atoms. The maximum Gasteiger partial charge on any atom is 0.450 e. The van der Waals surface area contributed by atoms with Crippen molar-refractivity contribution in [3.63, 3.8) is 0 Å². The molecule has 2 rings (SSSR count). The fraction of sp³-hybridized carbons (Fsp3) is 0.714. The maximum absolute atomic E-state index is 14.1. The van der Waals surface area contributed by atoms with Crippen LogP contribution in [0, 0.1) is 0 Å². The maximum atomic E-state index is 14.1. The first-order valence-corrected chi connectivity index (χ1v) is 10.8. The van der Waals surface area contributed by atoms with E-state index in [4.69, 9.17) is 5.11 Å². The Bertz CT molecular complexity index is 1090. The summed E-state index contributed by atoms with van der Waals surface area (Å²) < 4.78 is 178. The van der Waals surface area contributed by atoms with E-state index in [1.165, 1.54) is 0 Å². The summed E-state index contributed by atoms with van der Waals surface area (Å²) in [5, 5.41) is 18.2. The van der Waals surface area contributed by atoms with Crippen LogP contribution in [0.4, 0.5) is 52.7 Å². The van der Waals surface area contributed by atoms with Crippen LogP contribution in [0.25, 0.3) is 0 Å². The summed E-state index contributed by atoms with van der Waals surface area (Å²) in [7, 11) is 0. The number of carbonyl (C=O) groups excluding carboxylic acids is 2. The van der Waals surface area contributed by atoms with Crippen molar-refractivity contribution in [2.45, 2.75) is 87.4 Å². The average molecular weight is 646 g/mol. The number of ether oxygens (including phenoxy) is 5. The lowest BCUT2D eigenvalue weighted by Gasteiger charge is -2.53. The zero-order chi connectivity index (χ0) is 33.7. The minimum absolute atomic E-state index is 0.332. The number of hydrogen-bond acceptors (Lipinski definition) is 9. The van der Waals surface area contributed by atoms with Crippen LogP contribution in [0.5, 0.6) is 0 Å². The molecule has 0 aromatic rings. The fourth-order valence-corrected chi connectivity index (χ4v) is 2.95. The normalized spacial score (nSPS) is 31.6. The van der Waals surface area contributed by atoms with Gasteiger partial charge in [-0.1, -0.05) is 13.2 Å². The first-order chi connectivity index (χ1) is 18.3. The molecule has 0 bridgehead atoms. The lowest BCUT2D eigenvalue weighted by atomic mass is 9.83. The molecule has 0 aliphatic carbocycles. The Morgan fingerprint density at radius 1 is 0.762 bits per heavy atom. The van der Waals surface area contributed by atoms with E-state index >= 15 is 0 Å². The summed E-state index contributed by atoms with van der Waals surface area (Å²) in [4.78, 5) is 22.3. The molecule has 4 unspecified atom stereocenters. The van der Waals surface area contributed by atoms with Crippen LogP contribution in [-0.4, -0.2) is 88.6 Å². The third-order valence-electron chi connectivity index (χ3n) is 5.46. The van der Waals surface area contributed by atoms with Crippen LogP contribution in [-0.2, 0) is 33.3 Å².